The first kappa shape index (κ1) is 14.6. The number of nitrogen functional groups attached to an aromatic ring is 1. The minimum absolute atomic E-state index is 0.537. The molecule has 0 atom stereocenters. The summed E-state index contributed by atoms with van der Waals surface area (Å²) in [6, 6.07) is 13.5. The highest BCUT2D eigenvalue weighted by atomic mass is 32.2. The third kappa shape index (κ3) is 3.61. The molecular weight excluding hydrogens is 270 g/mol. The van der Waals surface area contributed by atoms with Gasteiger partial charge in [0.15, 0.2) is 5.75 Å². The lowest BCUT2D eigenvalue weighted by Gasteiger charge is -2.13. The maximum Gasteiger partial charge on any atom is 0.154 e. The van der Waals surface area contributed by atoms with Crippen molar-refractivity contribution in [2.75, 3.05) is 18.6 Å². The van der Waals surface area contributed by atoms with Gasteiger partial charge in [0, 0.05) is 4.90 Å². The number of hydrogen-bond acceptors (Lipinski definition) is 4. The zero-order chi connectivity index (χ0) is 14.4. The van der Waals surface area contributed by atoms with E-state index in [4.69, 9.17) is 15.2 Å². The lowest BCUT2D eigenvalue weighted by Crippen LogP contribution is -2.00. The molecule has 2 rings (SSSR count). The molecule has 0 unspecified atom stereocenters. The molecule has 2 aromatic carbocycles. The maximum atomic E-state index is 6.07. The van der Waals surface area contributed by atoms with Gasteiger partial charge in [-0.05, 0) is 49.1 Å². The Bertz CT molecular complexity index is 555. The zero-order valence-electron chi connectivity index (χ0n) is 11.8. The number of ether oxygens (including phenoxy) is 2. The molecule has 106 valence electrons. The fraction of sp³-hybridized carbons (Fsp3) is 0.250. The summed E-state index contributed by atoms with van der Waals surface area (Å²) in [5, 5.41) is 0. The first-order chi connectivity index (χ1) is 9.74. The molecule has 0 bridgehead atoms. The Kier molecular flexibility index (Phi) is 5.18. The number of thioether (sulfide) groups is 1. The van der Waals surface area contributed by atoms with Gasteiger partial charge in [-0.25, -0.2) is 0 Å². The van der Waals surface area contributed by atoms with E-state index in [1.54, 1.807) is 11.8 Å². The second-order valence-electron chi connectivity index (χ2n) is 4.29. The largest absolute Gasteiger partial charge is 0.491 e. The third-order valence-electron chi connectivity index (χ3n) is 2.78. The number of benzene rings is 2. The quantitative estimate of drug-likeness (QED) is 0.625. The summed E-state index contributed by atoms with van der Waals surface area (Å²) in [7, 11) is 0. The van der Waals surface area contributed by atoms with Crippen molar-refractivity contribution in [2.45, 2.75) is 18.2 Å². The molecule has 0 heterocycles. The average molecular weight is 289 g/mol. The van der Waals surface area contributed by atoms with E-state index in [0.29, 0.717) is 23.8 Å². The predicted octanol–water partition coefficient (Wildman–Crippen LogP) is 4.57. The minimum Gasteiger partial charge on any atom is -0.491 e. The van der Waals surface area contributed by atoms with Crippen molar-refractivity contribution in [3.8, 4) is 17.2 Å². The van der Waals surface area contributed by atoms with Crippen LogP contribution in [0.3, 0.4) is 0 Å². The Morgan fingerprint density at radius 1 is 1.05 bits per heavy atom. The summed E-state index contributed by atoms with van der Waals surface area (Å²) in [5.74, 6) is 2.06. The highest BCUT2D eigenvalue weighted by Crippen LogP contribution is 2.34. The third-order valence-corrected chi connectivity index (χ3v) is 3.52. The molecule has 0 aliphatic heterocycles. The molecule has 0 aliphatic carbocycles. The molecule has 0 aromatic heterocycles. The van der Waals surface area contributed by atoms with Crippen LogP contribution in [0.15, 0.2) is 47.4 Å². The van der Waals surface area contributed by atoms with E-state index >= 15 is 0 Å². The van der Waals surface area contributed by atoms with Crippen LogP contribution >= 0.6 is 11.8 Å². The Morgan fingerprint density at radius 2 is 1.75 bits per heavy atom. The van der Waals surface area contributed by atoms with Crippen molar-refractivity contribution < 1.29 is 9.47 Å². The van der Waals surface area contributed by atoms with Gasteiger partial charge in [-0.15, -0.1) is 11.8 Å². The van der Waals surface area contributed by atoms with E-state index in [0.717, 1.165) is 12.2 Å². The lowest BCUT2D eigenvalue weighted by molar-refractivity contribution is 0.318. The van der Waals surface area contributed by atoms with Gasteiger partial charge >= 0.3 is 0 Å². The van der Waals surface area contributed by atoms with E-state index in [-0.39, 0.29) is 0 Å². The molecule has 0 saturated heterocycles. The van der Waals surface area contributed by atoms with Crippen molar-refractivity contribution in [3.63, 3.8) is 0 Å². The molecule has 0 radical (unpaired) electrons. The summed E-state index contributed by atoms with van der Waals surface area (Å²) in [6.07, 6.45) is 2.99. The SMILES string of the molecule is CCCOc1cccc(Oc2ccc(SC)cc2)c1N. The van der Waals surface area contributed by atoms with Gasteiger partial charge in [0.1, 0.15) is 17.2 Å². The van der Waals surface area contributed by atoms with Crippen LogP contribution in [-0.4, -0.2) is 12.9 Å². The van der Waals surface area contributed by atoms with Crippen LogP contribution < -0.4 is 15.2 Å². The number of nitrogens with two attached hydrogens (primary N) is 1. The second kappa shape index (κ2) is 7.10. The molecule has 0 amide bonds. The summed E-state index contributed by atoms with van der Waals surface area (Å²) in [4.78, 5) is 1.20. The van der Waals surface area contributed by atoms with Crippen LogP contribution in [0.4, 0.5) is 5.69 Å². The van der Waals surface area contributed by atoms with Gasteiger partial charge in [0.05, 0.1) is 6.61 Å². The molecule has 2 aromatic rings. The molecular formula is C16H19NO2S. The van der Waals surface area contributed by atoms with Crippen molar-refractivity contribution >= 4 is 17.4 Å². The van der Waals surface area contributed by atoms with Gasteiger partial charge in [-0.2, -0.15) is 0 Å². The number of para-hydroxylation sites is 1. The van der Waals surface area contributed by atoms with Crippen LogP contribution in [-0.2, 0) is 0 Å². The lowest BCUT2D eigenvalue weighted by atomic mass is 10.2. The van der Waals surface area contributed by atoms with Gasteiger partial charge in [-0.3, -0.25) is 0 Å². The predicted molar refractivity (Wildman–Crippen MR) is 84.9 cm³/mol. The first-order valence-corrected chi connectivity index (χ1v) is 7.80. The number of hydrogen-bond donors (Lipinski definition) is 1. The van der Waals surface area contributed by atoms with E-state index in [1.165, 1.54) is 4.90 Å². The minimum atomic E-state index is 0.537. The van der Waals surface area contributed by atoms with Gasteiger partial charge < -0.3 is 15.2 Å². The molecule has 3 nitrogen and oxygen atoms in total. The molecule has 0 aliphatic rings. The van der Waals surface area contributed by atoms with Crippen molar-refractivity contribution in [2.24, 2.45) is 0 Å². The second-order valence-corrected chi connectivity index (χ2v) is 5.17. The van der Waals surface area contributed by atoms with Crippen molar-refractivity contribution in [1.82, 2.24) is 0 Å². The Morgan fingerprint density at radius 3 is 2.40 bits per heavy atom. The maximum absolute atomic E-state index is 6.07. The fourth-order valence-corrected chi connectivity index (χ4v) is 2.13. The van der Waals surface area contributed by atoms with E-state index < -0.39 is 0 Å². The van der Waals surface area contributed by atoms with Crippen molar-refractivity contribution in [3.05, 3.63) is 42.5 Å². The smallest absolute Gasteiger partial charge is 0.154 e. The van der Waals surface area contributed by atoms with Crippen LogP contribution in [0.1, 0.15) is 13.3 Å². The highest BCUT2D eigenvalue weighted by Gasteiger charge is 2.08. The Labute approximate surface area is 124 Å². The summed E-state index contributed by atoms with van der Waals surface area (Å²) < 4.78 is 11.4. The zero-order valence-corrected chi connectivity index (χ0v) is 12.6. The van der Waals surface area contributed by atoms with Crippen LogP contribution in [0.25, 0.3) is 0 Å². The Balaban J connectivity index is 2.15. The summed E-state index contributed by atoms with van der Waals surface area (Å²) in [5.41, 5.74) is 6.61. The van der Waals surface area contributed by atoms with Crippen molar-refractivity contribution in [1.29, 1.82) is 0 Å². The molecule has 0 fully saturated rings. The first-order valence-electron chi connectivity index (χ1n) is 6.57. The van der Waals surface area contributed by atoms with E-state index in [2.05, 4.69) is 6.92 Å². The van der Waals surface area contributed by atoms with Crippen LogP contribution in [0.5, 0.6) is 17.2 Å². The van der Waals surface area contributed by atoms with E-state index in [1.807, 2.05) is 48.7 Å². The van der Waals surface area contributed by atoms with Gasteiger partial charge in [-0.1, -0.05) is 13.0 Å². The molecule has 0 spiro atoms. The van der Waals surface area contributed by atoms with Gasteiger partial charge in [0.25, 0.3) is 0 Å². The highest BCUT2D eigenvalue weighted by molar-refractivity contribution is 7.98. The molecule has 4 heteroatoms. The number of rotatable bonds is 6. The normalized spacial score (nSPS) is 10.3. The fourth-order valence-electron chi connectivity index (χ4n) is 1.72. The summed E-state index contributed by atoms with van der Waals surface area (Å²) in [6.45, 7) is 2.71. The van der Waals surface area contributed by atoms with Gasteiger partial charge in [0.2, 0.25) is 0 Å². The number of anilines is 1. The average Bonchev–Trinajstić information content (AvgIpc) is 2.49. The van der Waals surface area contributed by atoms with Crippen LogP contribution in [0, 0.1) is 0 Å². The Hall–Kier alpha value is -1.81. The standard InChI is InChI=1S/C16H19NO2S/c1-3-11-18-14-5-4-6-15(16(14)17)19-12-7-9-13(20-2)10-8-12/h4-10H,3,11,17H2,1-2H3. The molecule has 2 N–H and O–H groups in total. The van der Waals surface area contributed by atoms with Crippen LogP contribution in [0.2, 0.25) is 0 Å². The van der Waals surface area contributed by atoms with E-state index in [9.17, 15) is 0 Å². The molecule has 20 heavy (non-hydrogen) atoms. The summed E-state index contributed by atoms with van der Waals surface area (Å²) >= 11 is 1.70. The monoisotopic (exact) mass is 289 g/mol. The molecule has 0 saturated carbocycles. The topological polar surface area (TPSA) is 44.5 Å².